The van der Waals surface area contributed by atoms with Crippen molar-refractivity contribution in [1.29, 1.82) is 0 Å². The highest BCUT2D eigenvalue weighted by Crippen LogP contribution is 2.30. The standard InChI is InChI=1S/C19H13ClN4O3S3/c20-12-3-1-2-11(6-12)9-28-19-21-13(10-29-19)7-17(25)23-18-22-15-5-4-14(24(26)27)8-16(15)30-18/h1-6,8,10H,7,9H2,(H,22,23,25). The first-order valence-electron chi connectivity index (χ1n) is 8.63. The molecule has 0 saturated carbocycles. The minimum absolute atomic E-state index is 0.00527. The molecule has 0 spiro atoms. The third-order valence-electron chi connectivity index (χ3n) is 3.95. The molecule has 1 N–H and O–H groups in total. The Kier molecular flexibility index (Phi) is 6.28. The van der Waals surface area contributed by atoms with Gasteiger partial charge in [-0.1, -0.05) is 46.8 Å². The van der Waals surface area contributed by atoms with Crippen LogP contribution < -0.4 is 5.32 Å². The van der Waals surface area contributed by atoms with Crippen LogP contribution in [0.4, 0.5) is 10.8 Å². The highest BCUT2D eigenvalue weighted by atomic mass is 35.5. The Balaban J connectivity index is 1.35. The van der Waals surface area contributed by atoms with Gasteiger partial charge >= 0.3 is 0 Å². The van der Waals surface area contributed by atoms with Crippen LogP contribution >= 0.6 is 46.0 Å². The third kappa shape index (κ3) is 5.14. The number of carbonyl (C=O) groups excluding carboxylic acids is 1. The maximum atomic E-state index is 12.4. The summed E-state index contributed by atoms with van der Waals surface area (Å²) in [6.07, 6.45) is 0.129. The molecular weight excluding hydrogens is 464 g/mol. The van der Waals surface area contributed by atoms with E-state index in [4.69, 9.17) is 11.6 Å². The molecule has 0 atom stereocenters. The minimum Gasteiger partial charge on any atom is -0.302 e. The maximum Gasteiger partial charge on any atom is 0.270 e. The summed E-state index contributed by atoms with van der Waals surface area (Å²) in [7, 11) is 0. The molecule has 0 fully saturated rings. The third-order valence-corrected chi connectivity index (χ3v) is 7.26. The quantitative estimate of drug-likeness (QED) is 0.206. The second-order valence-electron chi connectivity index (χ2n) is 6.18. The van der Waals surface area contributed by atoms with Gasteiger partial charge in [-0.2, -0.15) is 0 Å². The molecule has 2 heterocycles. The number of halogens is 1. The number of aromatic nitrogens is 2. The lowest BCUT2D eigenvalue weighted by Crippen LogP contribution is -2.14. The number of nitro groups is 1. The molecule has 0 aliphatic carbocycles. The number of thiazole rings is 2. The average molecular weight is 477 g/mol. The second kappa shape index (κ2) is 9.09. The van der Waals surface area contributed by atoms with Crippen molar-refractivity contribution in [2.75, 3.05) is 5.32 Å². The van der Waals surface area contributed by atoms with Gasteiger partial charge in [0.25, 0.3) is 5.69 Å². The SMILES string of the molecule is O=C(Cc1csc(SCc2cccc(Cl)c2)n1)Nc1nc2ccc([N+](=O)[O-])cc2s1. The van der Waals surface area contributed by atoms with Crippen LogP contribution in [0.5, 0.6) is 0 Å². The Morgan fingerprint density at radius 2 is 2.10 bits per heavy atom. The van der Waals surface area contributed by atoms with Crippen LogP contribution in [0.25, 0.3) is 10.2 Å². The number of amides is 1. The first kappa shape index (κ1) is 20.7. The summed E-state index contributed by atoms with van der Waals surface area (Å²) in [6.45, 7) is 0. The lowest BCUT2D eigenvalue weighted by Gasteiger charge is -2.00. The lowest BCUT2D eigenvalue weighted by atomic mass is 10.2. The topological polar surface area (TPSA) is 98.0 Å². The Hall–Kier alpha value is -2.53. The molecule has 7 nitrogen and oxygen atoms in total. The number of non-ortho nitro benzene ring substituents is 1. The lowest BCUT2D eigenvalue weighted by molar-refractivity contribution is -0.384. The molecule has 11 heteroatoms. The summed E-state index contributed by atoms with van der Waals surface area (Å²) >= 11 is 10.3. The van der Waals surface area contributed by atoms with Crippen molar-refractivity contribution in [1.82, 2.24) is 9.97 Å². The summed E-state index contributed by atoms with van der Waals surface area (Å²) in [5, 5.41) is 16.6. The van der Waals surface area contributed by atoms with E-state index in [-0.39, 0.29) is 18.0 Å². The van der Waals surface area contributed by atoms with Gasteiger partial charge in [0, 0.05) is 28.3 Å². The highest BCUT2D eigenvalue weighted by molar-refractivity contribution is 8.00. The predicted molar refractivity (Wildman–Crippen MR) is 122 cm³/mol. The number of rotatable bonds is 7. The molecule has 2 aromatic heterocycles. The normalized spacial score (nSPS) is 11.0. The number of benzene rings is 2. The fourth-order valence-electron chi connectivity index (χ4n) is 2.62. The number of nitrogens with one attached hydrogen (secondary N) is 1. The largest absolute Gasteiger partial charge is 0.302 e. The van der Waals surface area contributed by atoms with E-state index in [0.717, 1.165) is 15.7 Å². The zero-order valence-corrected chi connectivity index (χ0v) is 18.4. The number of fused-ring (bicyclic) bond motifs is 1. The molecular formula is C19H13ClN4O3S3. The molecule has 30 heavy (non-hydrogen) atoms. The van der Waals surface area contributed by atoms with Crippen molar-refractivity contribution in [3.63, 3.8) is 0 Å². The minimum atomic E-state index is -0.457. The molecule has 4 aromatic rings. The number of thioether (sulfide) groups is 1. The number of hydrogen-bond donors (Lipinski definition) is 1. The van der Waals surface area contributed by atoms with Crippen LogP contribution in [-0.4, -0.2) is 20.8 Å². The van der Waals surface area contributed by atoms with Crippen molar-refractivity contribution in [2.24, 2.45) is 0 Å². The monoisotopic (exact) mass is 476 g/mol. The van der Waals surface area contributed by atoms with Crippen molar-refractivity contribution < 1.29 is 9.72 Å². The molecule has 4 rings (SSSR count). The van der Waals surface area contributed by atoms with Gasteiger partial charge in [0.05, 0.1) is 27.3 Å². The van der Waals surface area contributed by atoms with E-state index in [1.54, 1.807) is 17.8 Å². The molecule has 0 aliphatic rings. The van der Waals surface area contributed by atoms with Crippen LogP contribution in [0, 0.1) is 10.1 Å². The first-order valence-corrected chi connectivity index (χ1v) is 11.7. The van der Waals surface area contributed by atoms with Crippen LogP contribution in [0.1, 0.15) is 11.3 Å². The van der Waals surface area contributed by atoms with E-state index in [1.807, 2.05) is 29.6 Å². The summed E-state index contributed by atoms with van der Waals surface area (Å²) in [5.41, 5.74) is 2.39. The number of anilines is 1. The Morgan fingerprint density at radius 3 is 2.90 bits per heavy atom. The maximum absolute atomic E-state index is 12.4. The van der Waals surface area contributed by atoms with Crippen molar-refractivity contribution in [3.8, 4) is 0 Å². The van der Waals surface area contributed by atoms with Gasteiger partial charge in [-0.05, 0) is 23.8 Å². The fourth-order valence-corrected chi connectivity index (χ4v) is 5.53. The van der Waals surface area contributed by atoms with Gasteiger partial charge in [-0.3, -0.25) is 14.9 Å². The zero-order chi connectivity index (χ0) is 21.1. The summed E-state index contributed by atoms with van der Waals surface area (Å²) in [5.74, 6) is 0.512. The van der Waals surface area contributed by atoms with E-state index < -0.39 is 4.92 Å². The average Bonchev–Trinajstić information content (AvgIpc) is 3.31. The second-order valence-corrected chi connectivity index (χ2v) is 9.72. The van der Waals surface area contributed by atoms with Gasteiger partial charge in [0.2, 0.25) is 5.91 Å². The Labute approximate surface area is 188 Å². The molecule has 1 amide bonds. The van der Waals surface area contributed by atoms with Crippen LogP contribution in [-0.2, 0) is 17.0 Å². The van der Waals surface area contributed by atoms with E-state index in [2.05, 4.69) is 15.3 Å². The fraction of sp³-hybridized carbons (Fsp3) is 0.105. The van der Waals surface area contributed by atoms with Crippen LogP contribution in [0.2, 0.25) is 5.02 Å². The Bertz CT molecular complexity index is 1240. The summed E-state index contributed by atoms with van der Waals surface area (Å²) in [6, 6.07) is 12.1. The predicted octanol–water partition coefficient (Wildman–Crippen LogP) is 5.79. The van der Waals surface area contributed by atoms with Gasteiger partial charge < -0.3 is 5.32 Å². The van der Waals surface area contributed by atoms with Gasteiger partial charge in [-0.15, -0.1) is 11.3 Å². The van der Waals surface area contributed by atoms with Gasteiger partial charge in [0.15, 0.2) is 5.13 Å². The van der Waals surface area contributed by atoms with Crippen molar-refractivity contribution in [2.45, 2.75) is 16.5 Å². The van der Waals surface area contributed by atoms with Gasteiger partial charge in [0.1, 0.15) is 4.34 Å². The van der Waals surface area contributed by atoms with Crippen molar-refractivity contribution >= 4 is 73.0 Å². The van der Waals surface area contributed by atoms with Gasteiger partial charge in [-0.25, -0.2) is 9.97 Å². The number of carbonyl (C=O) groups is 1. The van der Waals surface area contributed by atoms with E-state index in [1.165, 1.54) is 34.8 Å². The van der Waals surface area contributed by atoms with Crippen molar-refractivity contribution in [3.05, 3.63) is 74.2 Å². The number of hydrogen-bond acceptors (Lipinski definition) is 8. The van der Waals surface area contributed by atoms with E-state index >= 15 is 0 Å². The summed E-state index contributed by atoms with van der Waals surface area (Å²) < 4.78 is 1.53. The zero-order valence-electron chi connectivity index (χ0n) is 15.2. The van der Waals surface area contributed by atoms with E-state index in [0.29, 0.717) is 26.1 Å². The van der Waals surface area contributed by atoms with E-state index in [9.17, 15) is 14.9 Å². The molecule has 152 valence electrons. The van der Waals surface area contributed by atoms with Crippen LogP contribution in [0.15, 0.2) is 52.2 Å². The summed E-state index contributed by atoms with van der Waals surface area (Å²) in [4.78, 5) is 31.6. The molecule has 2 aromatic carbocycles. The molecule has 0 saturated heterocycles. The molecule has 0 radical (unpaired) electrons. The first-order chi connectivity index (χ1) is 14.5. The molecule has 0 unspecified atom stereocenters. The number of nitro benzene ring substituents is 1. The Morgan fingerprint density at radius 1 is 1.23 bits per heavy atom. The molecule has 0 bridgehead atoms. The molecule has 0 aliphatic heterocycles. The highest BCUT2D eigenvalue weighted by Gasteiger charge is 2.13. The number of nitrogens with zero attached hydrogens (tertiary/aromatic N) is 3. The smallest absolute Gasteiger partial charge is 0.270 e. The van der Waals surface area contributed by atoms with Crippen LogP contribution in [0.3, 0.4) is 0 Å².